The Morgan fingerprint density at radius 2 is 1.68 bits per heavy atom. The molecule has 22 heavy (non-hydrogen) atoms. The summed E-state index contributed by atoms with van der Waals surface area (Å²) in [5, 5.41) is 2.68. The zero-order valence-corrected chi connectivity index (χ0v) is 12.5. The fourth-order valence-corrected chi connectivity index (χ4v) is 2.03. The van der Waals surface area contributed by atoms with E-state index < -0.39 is 5.97 Å². The summed E-state index contributed by atoms with van der Waals surface area (Å²) in [7, 11) is 1.26. The highest BCUT2D eigenvalue weighted by atomic mass is 16.5. The van der Waals surface area contributed by atoms with Gasteiger partial charge in [-0.15, -0.1) is 0 Å². The summed E-state index contributed by atoms with van der Waals surface area (Å²) in [6.07, 6.45) is 2.22. The van der Waals surface area contributed by atoms with Crippen molar-refractivity contribution in [2.24, 2.45) is 0 Å². The summed E-state index contributed by atoms with van der Waals surface area (Å²) >= 11 is 0. The topological polar surface area (TPSA) is 55.4 Å². The van der Waals surface area contributed by atoms with Crippen LogP contribution in [0.5, 0.6) is 0 Å². The Balaban J connectivity index is 2.07. The maximum atomic E-state index is 11.6. The zero-order chi connectivity index (χ0) is 15.9. The molecule has 0 aliphatic rings. The van der Waals surface area contributed by atoms with Crippen molar-refractivity contribution in [3.63, 3.8) is 0 Å². The van der Waals surface area contributed by atoms with Gasteiger partial charge in [0.15, 0.2) is 0 Å². The first-order valence-corrected chi connectivity index (χ1v) is 6.83. The first kappa shape index (κ1) is 15.5. The van der Waals surface area contributed by atoms with E-state index in [0.717, 1.165) is 23.3 Å². The number of hydrogen-bond acceptors (Lipinski definition) is 3. The summed E-state index contributed by atoms with van der Waals surface area (Å²) in [4.78, 5) is 22.5. The average molecular weight is 295 g/mol. The molecule has 0 unspecified atom stereocenters. The Bertz CT molecular complexity index is 703. The van der Waals surface area contributed by atoms with E-state index in [1.165, 1.54) is 12.7 Å². The lowest BCUT2D eigenvalue weighted by molar-refractivity contribution is -0.135. The van der Waals surface area contributed by atoms with Crippen LogP contribution in [0.15, 0.2) is 60.7 Å². The number of anilines is 1. The highest BCUT2D eigenvalue weighted by Gasteiger charge is 2.03. The van der Waals surface area contributed by atoms with Gasteiger partial charge in [-0.2, -0.15) is 0 Å². The largest absolute Gasteiger partial charge is 0.466 e. The van der Waals surface area contributed by atoms with Crippen LogP contribution in [0.1, 0.15) is 5.56 Å². The third-order valence-corrected chi connectivity index (χ3v) is 3.18. The van der Waals surface area contributed by atoms with Crippen LogP contribution in [0.25, 0.3) is 11.1 Å². The van der Waals surface area contributed by atoms with Crippen molar-refractivity contribution in [1.82, 2.24) is 0 Å². The molecule has 0 saturated heterocycles. The summed E-state index contributed by atoms with van der Waals surface area (Å²) in [6, 6.07) is 15.7. The number of amides is 1. The van der Waals surface area contributed by atoms with E-state index in [4.69, 9.17) is 0 Å². The molecular weight excluding hydrogens is 278 g/mol. The van der Waals surface area contributed by atoms with Gasteiger partial charge in [-0.1, -0.05) is 36.4 Å². The normalized spacial score (nSPS) is 10.5. The van der Waals surface area contributed by atoms with Gasteiger partial charge in [0.2, 0.25) is 5.91 Å². The SMILES string of the molecule is COC(=O)/C=C\C(=O)Nc1ccc(-c2ccccc2C)cc1. The Hall–Kier alpha value is -2.88. The molecule has 0 aliphatic carbocycles. The van der Waals surface area contributed by atoms with Crippen molar-refractivity contribution < 1.29 is 14.3 Å². The lowest BCUT2D eigenvalue weighted by Gasteiger charge is -2.07. The van der Waals surface area contributed by atoms with Crippen LogP contribution in [-0.4, -0.2) is 19.0 Å². The van der Waals surface area contributed by atoms with Crippen molar-refractivity contribution in [3.05, 3.63) is 66.2 Å². The zero-order valence-electron chi connectivity index (χ0n) is 12.5. The van der Waals surface area contributed by atoms with Crippen molar-refractivity contribution in [1.29, 1.82) is 0 Å². The summed E-state index contributed by atoms with van der Waals surface area (Å²) in [5.74, 6) is -0.945. The van der Waals surface area contributed by atoms with Crippen LogP contribution in [0.4, 0.5) is 5.69 Å². The second-order valence-corrected chi connectivity index (χ2v) is 4.74. The van der Waals surface area contributed by atoms with Crippen LogP contribution in [0.2, 0.25) is 0 Å². The molecular formula is C18H17NO3. The molecule has 1 N–H and O–H groups in total. The molecule has 0 saturated carbocycles. The van der Waals surface area contributed by atoms with Crippen molar-refractivity contribution in [2.45, 2.75) is 6.92 Å². The monoisotopic (exact) mass is 295 g/mol. The second-order valence-electron chi connectivity index (χ2n) is 4.74. The van der Waals surface area contributed by atoms with E-state index in [1.807, 2.05) is 36.4 Å². The van der Waals surface area contributed by atoms with Gasteiger partial charge in [0.25, 0.3) is 0 Å². The number of methoxy groups -OCH3 is 1. The molecule has 0 bridgehead atoms. The highest BCUT2D eigenvalue weighted by molar-refractivity contribution is 6.02. The molecule has 2 aromatic rings. The predicted octanol–water partition coefficient (Wildman–Crippen LogP) is 3.33. The fraction of sp³-hybridized carbons (Fsp3) is 0.111. The molecule has 4 nitrogen and oxygen atoms in total. The first-order valence-electron chi connectivity index (χ1n) is 6.83. The molecule has 0 radical (unpaired) electrons. The van der Waals surface area contributed by atoms with Gasteiger partial charge < -0.3 is 10.1 Å². The maximum Gasteiger partial charge on any atom is 0.330 e. The molecule has 2 aromatic carbocycles. The molecule has 2 rings (SSSR count). The van der Waals surface area contributed by atoms with Crippen LogP contribution < -0.4 is 5.32 Å². The lowest BCUT2D eigenvalue weighted by Crippen LogP contribution is -2.08. The lowest BCUT2D eigenvalue weighted by atomic mass is 10.0. The number of hydrogen-bond donors (Lipinski definition) is 1. The molecule has 0 spiro atoms. The van der Waals surface area contributed by atoms with Gasteiger partial charge in [-0.05, 0) is 35.7 Å². The summed E-state index contributed by atoms with van der Waals surface area (Å²) < 4.78 is 4.42. The van der Waals surface area contributed by atoms with Crippen molar-refractivity contribution in [2.75, 3.05) is 12.4 Å². The van der Waals surface area contributed by atoms with Gasteiger partial charge in [-0.25, -0.2) is 4.79 Å². The number of esters is 1. The molecule has 0 heterocycles. The number of ether oxygens (including phenoxy) is 1. The second kappa shape index (κ2) is 7.22. The third kappa shape index (κ3) is 4.06. The number of carbonyl (C=O) groups excluding carboxylic acids is 2. The summed E-state index contributed by atoms with van der Waals surface area (Å²) in [6.45, 7) is 2.06. The molecule has 0 aromatic heterocycles. The maximum absolute atomic E-state index is 11.6. The average Bonchev–Trinajstić information content (AvgIpc) is 2.54. The number of rotatable bonds is 4. The minimum atomic E-state index is -0.565. The van der Waals surface area contributed by atoms with Gasteiger partial charge >= 0.3 is 5.97 Å². The molecule has 4 heteroatoms. The first-order chi connectivity index (χ1) is 10.6. The van der Waals surface area contributed by atoms with E-state index in [2.05, 4.69) is 29.1 Å². The van der Waals surface area contributed by atoms with Gasteiger partial charge in [0, 0.05) is 17.8 Å². The number of nitrogens with one attached hydrogen (secondary N) is 1. The number of carbonyl (C=O) groups is 2. The molecule has 0 aliphatic heterocycles. The minimum Gasteiger partial charge on any atom is -0.466 e. The summed E-state index contributed by atoms with van der Waals surface area (Å²) in [5.41, 5.74) is 4.10. The van der Waals surface area contributed by atoms with Crippen molar-refractivity contribution >= 4 is 17.6 Å². The van der Waals surface area contributed by atoms with Gasteiger partial charge in [0.05, 0.1) is 7.11 Å². The Labute approximate surface area is 129 Å². The van der Waals surface area contributed by atoms with Crippen LogP contribution in [0, 0.1) is 6.92 Å². The van der Waals surface area contributed by atoms with Crippen LogP contribution in [-0.2, 0) is 14.3 Å². The highest BCUT2D eigenvalue weighted by Crippen LogP contribution is 2.24. The van der Waals surface area contributed by atoms with E-state index in [-0.39, 0.29) is 5.91 Å². The van der Waals surface area contributed by atoms with Crippen LogP contribution in [0.3, 0.4) is 0 Å². The third-order valence-electron chi connectivity index (χ3n) is 3.18. The van der Waals surface area contributed by atoms with E-state index in [9.17, 15) is 9.59 Å². The number of aryl methyl sites for hydroxylation is 1. The Morgan fingerprint density at radius 3 is 2.32 bits per heavy atom. The fourth-order valence-electron chi connectivity index (χ4n) is 2.03. The molecule has 0 fully saturated rings. The quantitative estimate of drug-likeness (QED) is 0.695. The van der Waals surface area contributed by atoms with Gasteiger partial charge in [-0.3, -0.25) is 4.79 Å². The molecule has 0 atom stereocenters. The molecule has 1 amide bonds. The van der Waals surface area contributed by atoms with Crippen LogP contribution >= 0.6 is 0 Å². The predicted molar refractivity (Wildman–Crippen MR) is 86.4 cm³/mol. The van der Waals surface area contributed by atoms with E-state index >= 15 is 0 Å². The van der Waals surface area contributed by atoms with Crippen molar-refractivity contribution in [3.8, 4) is 11.1 Å². The Morgan fingerprint density at radius 1 is 1.00 bits per heavy atom. The smallest absolute Gasteiger partial charge is 0.330 e. The van der Waals surface area contributed by atoms with E-state index in [1.54, 1.807) is 0 Å². The minimum absolute atomic E-state index is 0.381. The van der Waals surface area contributed by atoms with Gasteiger partial charge in [0.1, 0.15) is 0 Å². The standard InChI is InChI=1S/C18H17NO3/c1-13-5-3-4-6-16(13)14-7-9-15(10-8-14)19-17(20)11-12-18(21)22-2/h3-12H,1-2H3,(H,19,20)/b12-11-. The van der Waals surface area contributed by atoms with E-state index in [0.29, 0.717) is 5.69 Å². The Kier molecular flexibility index (Phi) is 5.09. The number of benzene rings is 2. The molecule has 112 valence electrons.